The van der Waals surface area contributed by atoms with Crippen LogP contribution >= 0.6 is 0 Å². The highest BCUT2D eigenvalue weighted by Crippen LogP contribution is 2.32. The summed E-state index contributed by atoms with van der Waals surface area (Å²) in [6.07, 6.45) is 3.86. The first kappa shape index (κ1) is 20.1. The van der Waals surface area contributed by atoms with Crippen LogP contribution in [0.2, 0.25) is 0 Å². The highest BCUT2D eigenvalue weighted by atomic mass is 16.7. The topological polar surface area (TPSA) is 73.4 Å². The van der Waals surface area contributed by atoms with Crippen LogP contribution in [0.3, 0.4) is 0 Å². The highest BCUT2D eigenvalue weighted by molar-refractivity contribution is 5.94. The number of nitrogens with zero attached hydrogens (tertiary/aromatic N) is 3. The van der Waals surface area contributed by atoms with Crippen LogP contribution in [-0.2, 0) is 11.3 Å². The number of ether oxygens (including phenoxy) is 4. The first-order valence-corrected chi connectivity index (χ1v) is 10.9. The minimum Gasteiger partial charge on any atom is -0.475 e. The fourth-order valence-corrected chi connectivity index (χ4v) is 4.14. The van der Waals surface area contributed by atoms with Crippen LogP contribution in [0.25, 0.3) is 0 Å². The van der Waals surface area contributed by atoms with Crippen molar-refractivity contribution in [2.75, 3.05) is 46.2 Å². The molecule has 1 aromatic heterocycles. The van der Waals surface area contributed by atoms with Crippen LogP contribution in [-0.4, -0.2) is 73.0 Å². The number of amides is 1. The summed E-state index contributed by atoms with van der Waals surface area (Å²) in [4.78, 5) is 21.4. The number of piperazine rings is 1. The zero-order valence-corrected chi connectivity index (χ0v) is 17.5. The van der Waals surface area contributed by atoms with Crippen LogP contribution < -0.4 is 14.2 Å². The molecular weight excluding hydrogens is 398 g/mol. The minimum atomic E-state index is 0.0147. The molecule has 3 aliphatic heterocycles. The van der Waals surface area contributed by atoms with E-state index in [4.69, 9.17) is 18.9 Å². The van der Waals surface area contributed by atoms with Crippen molar-refractivity contribution < 1.29 is 23.7 Å². The van der Waals surface area contributed by atoms with Gasteiger partial charge < -0.3 is 23.8 Å². The Morgan fingerprint density at radius 1 is 1.10 bits per heavy atom. The number of carbonyl (C=O) groups excluding carboxylic acids is 1. The molecule has 8 nitrogen and oxygen atoms in total. The predicted octanol–water partition coefficient (Wildman–Crippen LogP) is 2.33. The van der Waals surface area contributed by atoms with Gasteiger partial charge in [-0.05, 0) is 36.6 Å². The quantitative estimate of drug-likeness (QED) is 0.703. The Labute approximate surface area is 181 Å². The summed E-state index contributed by atoms with van der Waals surface area (Å²) < 4.78 is 22.1. The van der Waals surface area contributed by atoms with E-state index >= 15 is 0 Å². The van der Waals surface area contributed by atoms with E-state index in [1.165, 1.54) is 5.56 Å². The molecule has 2 aromatic rings. The lowest BCUT2D eigenvalue weighted by molar-refractivity contribution is 0.0624. The maximum absolute atomic E-state index is 12.8. The summed E-state index contributed by atoms with van der Waals surface area (Å²) in [6, 6.07) is 9.61. The number of hydrogen-bond donors (Lipinski definition) is 0. The van der Waals surface area contributed by atoms with Gasteiger partial charge in [-0.15, -0.1) is 0 Å². The molecule has 2 fully saturated rings. The van der Waals surface area contributed by atoms with Gasteiger partial charge in [0.15, 0.2) is 11.5 Å². The number of pyridine rings is 1. The smallest absolute Gasteiger partial charge is 0.255 e. The zero-order valence-electron chi connectivity index (χ0n) is 17.5. The van der Waals surface area contributed by atoms with E-state index in [0.29, 0.717) is 31.1 Å². The summed E-state index contributed by atoms with van der Waals surface area (Å²) in [5.41, 5.74) is 1.78. The average molecular weight is 425 g/mol. The van der Waals surface area contributed by atoms with Crippen molar-refractivity contribution in [3.05, 3.63) is 47.7 Å². The summed E-state index contributed by atoms with van der Waals surface area (Å²) in [6.45, 7) is 5.48. The average Bonchev–Trinajstić information content (AvgIpc) is 3.50. The third-order valence-corrected chi connectivity index (χ3v) is 5.93. The number of fused-ring (bicyclic) bond motifs is 1. The van der Waals surface area contributed by atoms with Crippen molar-refractivity contribution >= 4 is 5.91 Å². The summed E-state index contributed by atoms with van der Waals surface area (Å²) in [5.74, 6) is 2.15. The summed E-state index contributed by atoms with van der Waals surface area (Å²) >= 11 is 0. The van der Waals surface area contributed by atoms with Gasteiger partial charge in [0.1, 0.15) is 6.61 Å². The van der Waals surface area contributed by atoms with Gasteiger partial charge in [0.2, 0.25) is 12.7 Å². The van der Waals surface area contributed by atoms with E-state index in [1.54, 1.807) is 18.3 Å². The van der Waals surface area contributed by atoms with Gasteiger partial charge in [0, 0.05) is 51.6 Å². The van der Waals surface area contributed by atoms with Gasteiger partial charge >= 0.3 is 0 Å². The van der Waals surface area contributed by atoms with Gasteiger partial charge in [-0.1, -0.05) is 6.07 Å². The Morgan fingerprint density at radius 3 is 2.74 bits per heavy atom. The molecule has 1 amide bonds. The molecule has 4 heterocycles. The lowest BCUT2D eigenvalue weighted by Gasteiger charge is -2.34. The van der Waals surface area contributed by atoms with Crippen molar-refractivity contribution in [3.63, 3.8) is 0 Å². The molecule has 0 bridgehead atoms. The van der Waals surface area contributed by atoms with Crippen LogP contribution in [0.1, 0.15) is 28.8 Å². The fraction of sp³-hybridized carbons (Fsp3) is 0.478. The molecule has 0 saturated carbocycles. The molecule has 164 valence electrons. The fourth-order valence-electron chi connectivity index (χ4n) is 4.14. The second-order valence-electron chi connectivity index (χ2n) is 8.09. The van der Waals surface area contributed by atoms with Crippen molar-refractivity contribution in [3.8, 4) is 17.4 Å². The zero-order chi connectivity index (χ0) is 21.0. The Bertz CT molecular complexity index is 906. The van der Waals surface area contributed by atoms with Gasteiger partial charge in [-0.25, -0.2) is 4.98 Å². The molecule has 1 aromatic carbocycles. The summed E-state index contributed by atoms with van der Waals surface area (Å²) in [5, 5.41) is 0. The maximum Gasteiger partial charge on any atom is 0.255 e. The van der Waals surface area contributed by atoms with E-state index in [1.807, 2.05) is 17.0 Å². The largest absolute Gasteiger partial charge is 0.475 e. The number of hydrogen-bond acceptors (Lipinski definition) is 7. The lowest BCUT2D eigenvalue weighted by atomic mass is 10.1. The summed E-state index contributed by atoms with van der Waals surface area (Å²) in [7, 11) is 0. The van der Waals surface area contributed by atoms with Crippen LogP contribution in [0, 0.1) is 0 Å². The monoisotopic (exact) mass is 425 g/mol. The Morgan fingerprint density at radius 2 is 1.97 bits per heavy atom. The molecule has 0 spiro atoms. The molecule has 5 rings (SSSR count). The number of aromatic nitrogens is 1. The number of carbonyl (C=O) groups is 1. The SMILES string of the molecule is O=C(c1ccc(OCC2CCCO2)nc1)N1CCN(Cc2ccc3c(c2)OCO3)CC1. The van der Waals surface area contributed by atoms with E-state index in [2.05, 4.69) is 16.0 Å². The van der Waals surface area contributed by atoms with Crippen LogP contribution in [0.4, 0.5) is 0 Å². The molecular formula is C23H27N3O5. The normalized spacial score (nSPS) is 20.8. The first-order valence-electron chi connectivity index (χ1n) is 10.9. The lowest BCUT2D eigenvalue weighted by Crippen LogP contribution is -2.48. The molecule has 2 saturated heterocycles. The molecule has 0 radical (unpaired) electrons. The van der Waals surface area contributed by atoms with E-state index in [-0.39, 0.29) is 18.8 Å². The number of benzene rings is 1. The minimum absolute atomic E-state index is 0.0147. The molecule has 31 heavy (non-hydrogen) atoms. The van der Waals surface area contributed by atoms with Crippen molar-refractivity contribution in [1.29, 1.82) is 0 Å². The standard InChI is InChI=1S/C23H27N3O5/c27-23(18-4-6-22(24-13-18)29-15-19-2-1-11-28-19)26-9-7-25(8-10-26)14-17-3-5-20-21(12-17)31-16-30-20/h3-6,12-13,19H,1-2,7-11,14-16H2. The van der Waals surface area contributed by atoms with Crippen LogP contribution in [0.15, 0.2) is 36.5 Å². The van der Waals surface area contributed by atoms with Crippen LogP contribution in [0.5, 0.6) is 17.4 Å². The highest BCUT2D eigenvalue weighted by Gasteiger charge is 2.23. The second-order valence-corrected chi connectivity index (χ2v) is 8.09. The second kappa shape index (κ2) is 9.11. The number of rotatable bonds is 6. The van der Waals surface area contributed by atoms with Crippen molar-refractivity contribution in [2.24, 2.45) is 0 Å². The van der Waals surface area contributed by atoms with E-state index in [9.17, 15) is 4.79 Å². The Balaban J connectivity index is 1.10. The van der Waals surface area contributed by atoms with E-state index in [0.717, 1.165) is 50.6 Å². The third kappa shape index (κ3) is 4.75. The van der Waals surface area contributed by atoms with Gasteiger partial charge in [-0.2, -0.15) is 0 Å². The molecule has 1 unspecified atom stereocenters. The molecule has 1 atom stereocenters. The molecule has 3 aliphatic rings. The maximum atomic E-state index is 12.8. The molecule has 0 N–H and O–H groups in total. The Kier molecular flexibility index (Phi) is 5.90. The first-order chi connectivity index (χ1) is 15.2. The van der Waals surface area contributed by atoms with Gasteiger partial charge in [0.25, 0.3) is 5.91 Å². The molecule has 8 heteroatoms. The van der Waals surface area contributed by atoms with Crippen molar-refractivity contribution in [2.45, 2.75) is 25.5 Å². The van der Waals surface area contributed by atoms with Gasteiger partial charge in [-0.3, -0.25) is 9.69 Å². The predicted molar refractivity (Wildman–Crippen MR) is 112 cm³/mol. The van der Waals surface area contributed by atoms with Gasteiger partial charge in [0.05, 0.1) is 11.7 Å². The van der Waals surface area contributed by atoms with E-state index < -0.39 is 0 Å². The molecule has 0 aliphatic carbocycles. The third-order valence-electron chi connectivity index (χ3n) is 5.93. The van der Waals surface area contributed by atoms with Crippen molar-refractivity contribution in [1.82, 2.24) is 14.8 Å². The Hall–Kier alpha value is -2.84.